The van der Waals surface area contributed by atoms with E-state index >= 15 is 0 Å². The molecule has 470 valence electrons. The first kappa shape index (κ1) is 78.0. The minimum Gasteiger partial charge on any atom is -0.756 e. The average Bonchev–Trinajstić information content (AvgIpc) is 3.42. The lowest BCUT2D eigenvalue weighted by Crippen LogP contribution is -2.47. The van der Waals surface area contributed by atoms with E-state index in [1.165, 1.54) is 238 Å². The Morgan fingerprint density at radius 2 is 0.762 bits per heavy atom. The molecule has 0 radical (unpaired) electrons. The Labute approximate surface area is 497 Å². The highest BCUT2D eigenvalue weighted by Crippen LogP contribution is 2.38. The number of unbranched alkanes of at least 4 members (excludes halogenated alkanes) is 41. The fraction of sp³-hybridized carbons (Fsp3) is 0.857. The number of rotatable bonds is 63. The molecule has 9 nitrogen and oxygen atoms in total. The minimum atomic E-state index is -4.70. The van der Waals surface area contributed by atoms with Gasteiger partial charge in [-0.25, -0.2) is 0 Å². The first-order chi connectivity index (χ1) is 38.9. The van der Waals surface area contributed by atoms with Crippen LogP contribution in [0.25, 0.3) is 0 Å². The van der Waals surface area contributed by atoms with Gasteiger partial charge in [0.05, 0.1) is 33.8 Å². The van der Waals surface area contributed by atoms with E-state index < -0.39 is 20.0 Å². The lowest BCUT2D eigenvalue weighted by atomic mass is 10.0. The highest BCUT2D eigenvalue weighted by molar-refractivity contribution is 7.45. The number of quaternary nitrogens is 1. The second kappa shape index (κ2) is 60.1. The van der Waals surface area contributed by atoms with Gasteiger partial charge in [0.25, 0.3) is 7.82 Å². The van der Waals surface area contributed by atoms with Crippen LogP contribution in [0.4, 0.5) is 0 Å². The number of nitrogens with zero attached hydrogens (tertiary/aromatic N) is 1. The summed E-state index contributed by atoms with van der Waals surface area (Å²) in [5.74, 6) is -0.531. The molecule has 0 rings (SSSR count). The van der Waals surface area contributed by atoms with Crippen LogP contribution in [-0.4, -0.2) is 69.4 Å². The zero-order chi connectivity index (χ0) is 58.6. The number of phosphoric acid groups is 1. The van der Waals surface area contributed by atoms with Gasteiger partial charge < -0.3 is 28.5 Å². The van der Waals surface area contributed by atoms with Crippen molar-refractivity contribution in [3.05, 3.63) is 48.6 Å². The van der Waals surface area contributed by atoms with Crippen molar-refractivity contribution in [2.75, 3.05) is 40.9 Å². The van der Waals surface area contributed by atoms with Crippen molar-refractivity contribution >= 4 is 19.7 Å². The molecule has 0 heterocycles. The van der Waals surface area contributed by atoms with Gasteiger partial charge in [0.15, 0.2) is 0 Å². The molecule has 0 saturated carbocycles. The van der Waals surface area contributed by atoms with E-state index in [-0.39, 0.29) is 31.5 Å². The summed E-state index contributed by atoms with van der Waals surface area (Å²) in [5.41, 5.74) is 0. The van der Waals surface area contributed by atoms with Crippen LogP contribution >= 0.6 is 7.82 Å². The molecule has 0 aliphatic carbocycles. The first-order valence-corrected chi connectivity index (χ1v) is 35.9. The molecule has 3 unspecified atom stereocenters. The van der Waals surface area contributed by atoms with Gasteiger partial charge in [0.1, 0.15) is 19.3 Å². The largest absolute Gasteiger partial charge is 0.756 e. The number of nitrogens with one attached hydrogen (secondary N) is 1. The van der Waals surface area contributed by atoms with Crippen LogP contribution in [0.2, 0.25) is 0 Å². The number of ether oxygens (including phenoxy) is 1. The summed E-state index contributed by atoms with van der Waals surface area (Å²) in [6, 6.07) is -0.889. The van der Waals surface area contributed by atoms with E-state index in [0.717, 1.165) is 64.2 Å². The van der Waals surface area contributed by atoms with Crippen LogP contribution < -0.4 is 10.2 Å². The molecule has 1 amide bonds. The molecule has 80 heavy (non-hydrogen) atoms. The Bertz CT molecular complexity index is 1510. The van der Waals surface area contributed by atoms with Gasteiger partial charge in [0, 0.05) is 12.8 Å². The molecule has 0 aromatic heterocycles. The van der Waals surface area contributed by atoms with Crippen LogP contribution in [0, 0.1) is 0 Å². The molecule has 0 bridgehead atoms. The van der Waals surface area contributed by atoms with Gasteiger partial charge in [-0.3, -0.25) is 14.2 Å². The van der Waals surface area contributed by atoms with Gasteiger partial charge in [0.2, 0.25) is 5.91 Å². The van der Waals surface area contributed by atoms with Crippen LogP contribution in [0.15, 0.2) is 48.6 Å². The molecule has 0 aliphatic heterocycles. The summed E-state index contributed by atoms with van der Waals surface area (Å²) in [7, 11) is 1.19. The standard InChI is InChI=1S/C70H133N2O7P/c1-7-10-13-16-19-22-25-28-30-32-34-36-38-40-42-44-47-50-53-56-59-62-69(73)71-67(66-78-80(75,76)77-65-64-72(4,5)6)68(61-58-55-52-49-46-27-24-21-18-15-12-9-3)79-70(74)63-60-57-54-51-48-45-43-41-39-37-35-33-31-29-26-23-20-17-14-11-8-2/h20,23,28-31,58,61,67-68H,7-19,21-22,24-27,32-57,59-60,62-66H2,1-6H3,(H-,71,73,75,76)/b23-20-,30-28+,31-29-,61-58+. The zero-order valence-corrected chi connectivity index (χ0v) is 54.7. The number of amides is 1. The highest BCUT2D eigenvalue weighted by Gasteiger charge is 2.27. The fourth-order valence-electron chi connectivity index (χ4n) is 10.1. The van der Waals surface area contributed by atoms with Gasteiger partial charge in [-0.2, -0.15) is 0 Å². The predicted octanol–water partition coefficient (Wildman–Crippen LogP) is 21.0. The van der Waals surface area contributed by atoms with Crippen molar-refractivity contribution in [1.82, 2.24) is 5.32 Å². The molecular formula is C70H133N2O7P. The molecule has 1 N–H and O–H groups in total. The van der Waals surface area contributed by atoms with E-state index in [2.05, 4.69) is 62.5 Å². The van der Waals surface area contributed by atoms with Crippen LogP contribution in [-0.2, 0) is 27.9 Å². The molecule has 0 fully saturated rings. The summed E-state index contributed by atoms with van der Waals surface area (Å²) in [6.07, 6.45) is 75.1. The highest BCUT2D eigenvalue weighted by atomic mass is 31.2. The third-order valence-electron chi connectivity index (χ3n) is 15.5. The van der Waals surface area contributed by atoms with Crippen LogP contribution in [0.3, 0.4) is 0 Å². The third kappa shape index (κ3) is 60.6. The predicted molar refractivity (Wildman–Crippen MR) is 344 cm³/mol. The molecular weight excluding hydrogens is 1010 g/mol. The van der Waals surface area contributed by atoms with Crippen molar-refractivity contribution in [2.45, 2.75) is 348 Å². The fourth-order valence-corrected chi connectivity index (χ4v) is 10.9. The first-order valence-electron chi connectivity index (χ1n) is 34.4. The maximum Gasteiger partial charge on any atom is 0.306 e. The Hall–Kier alpha value is -2.03. The number of hydrogen-bond acceptors (Lipinski definition) is 7. The van der Waals surface area contributed by atoms with E-state index in [1.807, 2.05) is 33.3 Å². The monoisotopic (exact) mass is 1140 g/mol. The van der Waals surface area contributed by atoms with E-state index in [1.54, 1.807) is 0 Å². The van der Waals surface area contributed by atoms with Gasteiger partial charge in [-0.05, 0) is 89.5 Å². The summed E-state index contributed by atoms with van der Waals surface area (Å²) in [4.78, 5) is 40.1. The van der Waals surface area contributed by atoms with E-state index in [4.69, 9.17) is 13.8 Å². The minimum absolute atomic E-state index is 0.0216. The number of esters is 1. The van der Waals surface area contributed by atoms with Crippen molar-refractivity contribution in [1.29, 1.82) is 0 Å². The second-order valence-electron chi connectivity index (χ2n) is 24.7. The number of carbonyl (C=O) groups is 2. The van der Waals surface area contributed by atoms with Gasteiger partial charge in [-0.15, -0.1) is 0 Å². The van der Waals surface area contributed by atoms with Crippen LogP contribution in [0.1, 0.15) is 335 Å². The number of carbonyl (C=O) groups excluding carboxylic acids is 2. The molecule has 0 aromatic rings. The quantitative estimate of drug-likeness (QED) is 0.0212. The van der Waals surface area contributed by atoms with Gasteiger partial charge in [-0.1, -0.05) is 282 Å². The number of likely N-dealkylation sites (N-methyl/N-ethyl adjacent to an activating group) is 1. The van der Waals surface area contributed by atoms with E-state index in [9.17, 15) is 19.0 Å². The van der Waals surface area contributed by atoms with Crippen molar-refractivity contribution in [3.63, 3.8) is 0 Å². The summed E-state index contributed by atoms with van der Waals surface area (Å²) < 4.78 is 30.4. The summed E-state index contributed by atoms with van der Waals surface area (Å²) in [6.45, 7) is 6.86. The van der Waals surface area contributed by atoms with Crippen molar-refractivity contribution < 1.29 is 37.3 Å². The van der Waals surface area contributed by atoms with Crippen molar-refractivity contribution in [3.8, 4) is 0 Å². The zero-order valence-electron chi connectivity index (χ0n) is 53.8. The lowest BCUT2D eigenvalue weighted by Gasteiger charge is -2.30. The smallest absolute Gasteiger partial charge is 0.306 e. The van der Waals surface area contributed by atoms with Crippen molar-refractivity contribution in [2.24, 2.45) is 0 Å². The van der Waals surface area contributed by atoms with Gasteiger partial charge >= 0.3 is 5.97 Å². The number of hydrogen-bond donors (Lipinski definition) is 1. The Morgan fingerprint density at radius 1 is 0.438 bits per heavy atom. The number of allylic oxidation sites excluding steroid dienone is 7. The Kier molecular flexibility index (Phi) is 58.6. The molecule has 0 aromatic carbocycles. The SMILES string of the molecule is CCCCC/C=C\C/C=C\CCCCCCCCCCCCCC(=O)OC(/C=C/CCCCCCCCCCCC)C(COP(=O)([O-])OCC[N+](C)(C)C)NC(=O)CCCCCCCCCCCCC/C=C/CCCCCCCC. The summed E-state index contributed by atoms with van der Waals surface area (Å²) >= 11 is 0. The molecule has 0 aliphatic rings. The Balaban J connectivity index is 5.11. The second-order valence-corrected chi connectivity index (χ2v) is 26.1. The normalized spacial score (nSPS) is 13.8. The maximum absolute atomic E-state index is 13.6. The summed E-state index contributed by atoms with van der Waals surface area (Å²) in [5, 5.41) is 3.04. The maximum atomic E-state index is 13.6. The molecule has 0 saturated heterocycles. The Morgan fingerprint density at radius 3 is 1.16 bits per heavy atom. The molecule has 10 heteroatoms. The topological polar surface area (TPSA) is 114 Å². The number of phosphoric ester groups is 1. The van der Waals surface area contributed by atoms with Crippen LogP contribution in [0.5, 0.6) is 0 Å². The average molecular weight is 1150 g/mol. The molecule has 3 atom stereocenters. The third-order valence-corrected chi connectivity index (χ3v) is 16.4. The van der Waals surface area contributed by atoms with E-state index in [0.29, 0.717) is 17.4 Å². The molecule has 0 spiro atoms. The lowest BCUT2D eigenvalue weighted by molar-refractivity contribution is -0.870.